The summed E-state index contributed by atoms with van der Waals surface area (Å²) in [7, 11) is 0. The van der Waals surface area contributed by atoms with Crippen molar-refractivity contribution in [2.75, 3.05) is 11.4 Å². The molecule has 3 aliphatic heterocycles. The highest BCUT2D eigenvalue weighted by atomic mass is 19.4. The number of rotatable bonds is 5. The van der Waals surface area contributed by atoms with Gasteiger partial charge in [-0.25, -0.2) is 9.18 Å². The van der Waals surface area contributed by atoms with Gasteiger partial charge < -0.3 is 14.4 Å². The fraction of sp³-hybridized carbons (Fsp3) is 0.333. The van der Waals surface area contributed by atoms with Crippen molar-refractivity contribution in [1.29, 1.82) is 5.26 Å². The van der Waals surface area contributed by atoms with Crippen molar-refractivity contribution in [3.63, 3.8) is 0 Å². The highest BCUT2D eigenvalue weighted by Gasteiger charge is 2.68. The lowest BCUT2D eigenvalue weighted by molar-refractivity contribution is -0.141. The Kier molecular flexibility index (Phi) is 4.61. The van der Waals surface area contributed by atoms with Gasteiger partial charge in [0.05, 0.1) is 23.6 Å². The van der Waals surface area contributed by atoms with E-state index in [9.17, 15) is 27.6 Å². The van der Waals surface area contributed by atoms with Gasteiger partial charge in [-0.05, 0) is 36.6 Å². The molecule has 8 nitrogen and oxygen atoms in total. The molecule has 1 saturated carbocycles. The number of alkyl halides is 3. The van der Waals surface area contributed by atoms with Gasteiger partial charge in [0.15, 0.2) is 11.6 Å². The smallest absolute Gasteiger partial charge is 0.433 e. The number of nitriles is 1. The number of ether oxygens (including phenoxy) is 2. The SMILES string of the molecule is N#CC12CN3c4cc(OCc5ccc(Oc6ccnc(C(F)(F)F)c6)c(F)c5)nc(=O)n4CC3(C1)C2. The average molecular weight is 499 g/mol. The van der Waals surface area contributed by atoms with Gasteiger partial charge in [-0.3, -0.25) is 9.55 Å². The van der Waals surface area contributed by atoms with Crippen molar-refractivity contribution in [3.05, 3.63) is 70.2 Å². The molecular weight excluding hydrogens is 482 g/mol. The molecular formula is C24H17F4N5O3. The molecule has 2 bridgehead atoms. The minimum Gasteiger partial charge on any atom is -0.473 e. The molecule has 0 atom stereocenters. The van der Waals surface area contributed by atoms with E-state index < -0.39 is 23.4 Å². The second kappa shape index (κ2) is 7.43. The maximum absolute atomic E-state index is 14.6. The van der Waals surface area contributed by atoms with Crippen LogP contribution in [0, 0.1) is 22.6 Å². The van der Waals surface area contributed by atoms with Crippen LogP contribution < -0.4 is 20.1 Å². The zero-order valence-electron chi connectivity index (χ0n) is 18.5. The molecule has 184 valence electrons. The van der Waals surface area contributed by atoms with E-state index in [-0.39, 0.29) is 34.9 Å². The summed E-state index contributed by atoms with van der Waals surface area (Å²) in [5, 5.41) is 9.48. The summed E-state index contributed by atoms with van der Waals surface area (Å²) < 4.78 is 65.6. The molecule has 1 spiro atoms. The third-order valence-corrected chi connectivity index (χ3v) is 6.93. The summed E-state index contributed by atoms with van der Waals surface area (Å²) in [4.78, 5) is 21.9. The summed E-state index contributed by atoms with van der Waals surface area (Å²) in [6.07, 6.45) is -2.28. The number of halogens is 4. The van der Waals surface area contributed by atoms with Gasteiger partial charge in [0.25, 0.3) is 0 Å². The van der Waals surface area contributed by atoms with Gasteiger partial charge in [0.1, 0.15) is 23.9 Å². The number of fused-ring (bicyclic) bond motifs is 1. The van der Waals surface area contributed by atoms with Crippen molar-refractivity contribution < 1.29 is 27.0 Å². The summed E-state index contributed by atoms with van der Waals surface area (Å²) in [6.45, 7) is 0.946. The van der Waals surface area contributed by atoms with Crippen LogP contribution in [-0.2, 0) is 19.3 Å². The van der Waals surface area contributed by atoms with Crippen LogP contribution in [0.5, 0.6) is 17.4 Å². The Morgan fingerprint density at radius 2 is 1.94 bits per heavy atom. The van der Waals surface area contributed by atoms with E-state index in [0.29, 0.717) is 30.5 Å². The Hall–Kier alpha value is -4.14. The fourth-order valence-electron chi connectivity index (χ4n) is 5.46. The van der Waals surface area contributed by atoms with E-state index in [1.165, 1.54) is 18.2 Å². The number of nitrogens with zero attached hydrogens (tertiary/aromatic N) is 5. The van der Waals surface area contributed by atoms with Gasteiger partial charge in [0.2, 0.25) is 5.88 Å². The topological polar surface area (TPSA) is 93.3 Å². The molecule has 2 saturated heterocycles. The molecule has 0 unspecified atom stereocenters. The van der Waals surface area contributed by atoms with Crippen LogP contribution in [0.25, 0.3) is 0 Å². The third-order valence-electron chi connectivity index (χ3n) is 6.93. The summed E-state index contributed by atoms with van der Waals surface area (Å²) >= 11 is 0. The molecule has 4 aliphatic rings. The zero-order chi connectivity index (χ0) is 25.3. The van der Waals surface area contributed by atoms with Crippen molar-refractivity contribution in [3.8, 4) is 23.4 Å². The molecule has 0 radical (unpaired) electrons. The number of benzene rings is 1. The Bertz CT molecular complexity index is 1490. The Labute approximate surface area is 201 Å². The van der Waals surface area contributed by atoms with Crippen LogP contribution in [-0.4, -0.2) is 26.6 Å². The minimum absolute atomic E-state index is 0.0793. The Morgan fingerprint density at radius 1 is 1.14 bits per heavy atom. The first-order valence-electron chi connectivity index (χ1n) is 11.0. The largest absolute Gasteiger partial charge is 0.473 e. The predicted octanol–water partition coefficient (Wildman–Crippen LogP) is 4.04. The predicted molar refractivity (Wildman–Crippen MR) is 116 cm³/mol. The molecule has 3 aromatic rings. The highest BCUT2D eigenvalue weighted by molar-refractivity contribution is 5.57. The standard InChI is InChI=1S/C24H17F4N5O3/c25-16-5-14(1-2-17(16)36-15-3-4-30-18(6-15)24(26,27)28)8-35-19-7-20-32(21(34)31-19)13-23-9-22(10-23,11-29)12-33(20)23/h1-7H,8-10,12-13H2. The first-order chi connectivity index (χ1) is 17.1. The lowest BCUT2D eigenvalue weighted by Crippen LogP contribution is -2.48. The van der Waals surface area contributed by atoms with Crippen molar-refractivity contribution in [2.45, 2.75) is 37.7 Å². The molecule has 5 heterocycles. The zero-order valence-corrected chi connectivity index (χ0v) is 18.5. The lowest BCUT2D eigenvalue weighted by atomic mass is 9.63. The average Bonchev–Trinajstić information content (AvgIpc) is 3.41. The maximum Gasteiger partial charge on any atom is 0.433 e. The number of pyridine rings is 1. The van der Waals surface area contributed by atoms with Gasteiger partial charge in [0, 0.05) is 24.9 Å². The van der Waals surface area contributed by atoms with Gasteiger partial charge in [-0.1, -0.05) is 6.07 Å². The van der Waals surface area contributed by atoms with E-state index in [2.05, 4.69) is 20.9 Å². The van der Waals surface area contributed by atoms with Crippen molar-refractivity contribution in [2.24, 2.45) is 5.41 Å². The second-order valence-electron chi connectivity index (χ2n) is 9.41. The summed E-state index contributed by atoms with van der Waals surface area (Å²) in [5.74, 6) is -0.541. The van der Waals surface area contributed by atoms with E-state index in [0.717, 1.165) is 25.1 Å². The summed E-state index contributed by atoms with van der Waals surface area (Å²) in [6, 6.07) is 9.81. The first-order valence-corrected chi connectivity index (χ1v) is 11.0. The number of aromatic nitrogens is 3. The molecule has 7 rings (SSSR count). The first kappa shape index (κ1) is 22.3. The monoisotopic (exact) mass is 499 g/mol. The van der Waals surface area contributed by atoms with Gasteiger partial charge in [-0.15, -0.1) is 0 Å². The number of anilines is 1. The Balaban J connectivity index is 1.16. The Morgan fingerprint density at radius 3 is 2.67 bits per heavy atom. The van der Waals surface area contributed by atoms with E-state index in [4.69, 9.17) is 9.47 Å². The van der Waals surface area contributed by atoms with Gasteiger partial charge >= 0.3 is 11.9 Å². The molecule has 3 fully saturated rings. The van der Waals surface area contributed by atoms with Crippen LogP contribution in [0.15, 0.2) is 47.4 Å². The minimum atomic E-state index is -4.65. The van der Waals surface area contributed by atoms with Crippen molar-refractivity contribution >= 4 is 5.82 Å². The molecule has 1 aromatic carbocycles. The normalized spacial score (nSPS) is 23.5. The van der Waals surface area contributed by atoms with Crippen LogP contribution in [0.4, 0.5) is 23.4 Å². The van der Waals surface area contributed by atoms with Crippen LogP contribution in [0.3, 0.4) is 0 Å². The number of hydrogen-bond acceptors (Lipinski definition) is 7. The van der Waals surface area contributed by atoms with E-state index in [1.54, 1.807) is 10.6 Å². The lowest BCUT2D eigenvalue weighted by Gasteiger charge is -2.41. The quantitative estimate of drug-likeness (QED) is 0.489. The number of hydrogen-bond donors (Lipinski definition) is 0. The van der Waals surface area contributed by atoms with Crippen molar-refractivity contribution in [1.82, 2.24) is 14.5 Å². The van der Waals surface area contributed by atoms with E-state index in [1.807, 2.05) is 0 Å². The molecule has 0 amide bonds. The molecule has 0 N–H and O–H groups in total. The van der Waals surface area contributed by atoms with Crippen LogP contribution in [0.2, 0.25) is 0 Å². The summed E-state index contributed by atoms with van der Waals surface area (Å²) in [5.41, 5.74) is -1.78. The fourth-order valence-corrected chi connectivity index (χ4v) is 5.46. The van der Waals surface area contributed by atoms with Gasteiger partial charge in [-0.2, -0.15) is 23.4 Å². The van der Waals surface area contributed by atoms with Crippen LogP contribution >= 0.6 is 0 Å². The van der Waals surface area contributed by atoms with Crippen LogP contribution in [0.1, 0.15) is 24.1 Å². The molecule has 12 heteroatoms. The third kappa shape index (κ3) is 3.45. The maximum atomic E-state index is 14.6. The molecule has 2 aromatic heterocycles. The molecule has 1 aliphatic carbocycles. The highest BCUT2D eigenvalue weighted by Crippen LogP contribution is 2.63. The molecule has 36 heavy (non-hydrogen) atoms. The van der Waals surface area contributed by atoms with E-state index >= 15 is 0 Å². The second-order valence-corrected chi connectivity index (χ2v) is 9.41.